The predicted molar refractivity (Wildman–Crippen MR) is 113 cm³/mol. The van der Waals surface area contributed by atoms with E-state index in [1.54, 1.807) is 30.3 Å². The lowest BCUT2D eigenvalue weighted by Crippen LogP contribution is -2.27. The number of halogens is 3. The first kappa shape index (κ1) is 23.2. The van der Waals surface area contributed by atoms with Crippen LogP contribution in [0, 0.1) is 17.0 Å². The molecule has 2 aromatic carbocycles. The van der Waals surface area contributed by atoms with Crippen LogP contribution in [-0.2, 0) is 4.79 Å². The number of allylic oxidation sites excluding steroid dienone is 1. The quantitative estimate of drug-likeness (QED) is 0.187. The minimum atomic E-state index is -5.37. The highest BCUT2D eigenvalue weighted by Crippen LogP contribution is 2.26. The second-order valence-electron chi connectivity index (χ2n) is 6.71. The number of Topliss-reactive ketones (excluding diaryl/α,β-unsaturated/α-hetero) is 1. The molecule has 1 heterocycles. The number of carbonyl (C=O) groups is 1. The lowest BCUT2D eigenvalue weighted by atomic mass is 10.1. The number of nitrogens with one attached hydrogen (secondary N) is 1. The van der Waals surface area contributed by atoms with Crippen molar-refractivity contribution in [2.75, 3.05) is 0 Å². The molecule has 3 rings (SSSR count). The smallest absolute Gasteiger partial charge is 0.455 e. The summed E-state index contributed by atoms with van der Waals surface area (Å²) in [5, 5.41) is 23.9. The minimum Gasteiger partial charge on any atom is -0.506 e. The molecule has 0 saturated heterocycles. The maximum Gasteiger partial charge on any atom is 0.455 e. The van der Waals surface area contributed by atoms with E-state index in [1.165, 1.54) is 6.92 Å². The molecule has 0 fully saturated rings. The Balaban J connectivity index is 2.13. The van der Waals surface area contributed by atoms with Gasteiger partial charge in [-0.15, -0.1) is 0 Å². The van der Waals surface area contributed by atoms with Gasteiger partial charge in [-0.05, 0) is 31.2 Å². The number of nitro groups is 1. The van der Waals surface area contributed by atoms with Gasteiger partial charge in [-0.2, -0.15) is 13.2 Å². The van der Waals surface area contributed by atoms with Gasteiger partial charge in [0, 0.05) is 24.0 Å². The zero-order valence-corrected chi connectivity index (χ0v) is 16.8. The number of para-hydroxylation sites is 1. The maximum absolute atomic E-state index is 13.2. The number of aliphatic hydroxyl groups excluding tert-OH is 1. The van der Waals surface area contributed by atoms with Crippen LogP contribution < -0.4 is 5.56 Å². The van der Waals surface area contributed by atoms with Gasteiger partial charge in [0.15, 0.2) is 0 Å². The van der Waals surface area contributed by atoms with Crippen molar-refractivity contribution in [2.45, 2.75) is 13.1 Å². The molecular weight excluding hydrogens is 445 g/mol. The Bertz CT molecular complexity index is 1320. The lowest BCUT2D eigenvalue weighted by Gasteiger charge is -2.08. The molecule has 0 amide bonds. The fourth-order valence-corrected chi connectivity index (χ4v) is 2.90. The second-order valence-corrected chi connectivity index (χ2v) is 6.71. The summed E-state index contributed by atoms with van der Waals surface area (Å²) >= 11 is 0. The molecule has 12 heteroatoms. The molecule has 0 spiro atoms. The normalized spacial score (nSPS) is 12.6. The highest BCUT2D eigenvalue weighted by molar-refractivity contribution is 6.20. The second kappa shape index (κ2) is 8.94. The van der Waals surface area contributed by atoms with Gasteiger partial charge in [0.2, 0.25) is 0 Å². The summed E-state index contributed by atoms with van der Waals surface area (Å²) in [7, 11) is 0. The van der Waals surface area contributed by atoms with Gasteiger partial charge in [0.1, 0.15) is 11.3 Å². The molecule has 0 radical (unpaired) electrons. The van der Waals surface area contributed by atoms with Gasteiger partial charge in [0.25, 0.3) is 17.0 Å². The van der Waals surface area contributed by atoms with Crippen molar-refractivity contribution < 1.29 is 28.0 Å². The van der Waals surface area contributed by atoms with E-state index in [1.807, 2.05) is 0 Å². The van der Waals surface area contributed by atoms with Crippen LogP contribution in [-0.4, -0.2) is 38.0 Å². The lowest BCUT2D eigenvalue weighted by molar-refractivity contribution is -0.384. The van der Waals surface area contributed by atoms with E-state index in [-0.39, 0.29) is 17.1 Å². The van der Waals surface area contributed by atoms with Gasteiger partial charge in [-0.3, -0.25) is 29.8 Å². The fourth-order valence-electron chi connectivity index (χ4n) is 2.90. The van der Waals surface area contributed by atoms with E-state index in [4.69, 9.17) is 0 Å². The molecule has 0 unspecified atom stereocenters. The molecule has 0 aliphatic carbocycles. The highest BCUT2D eigenvalue weighted by atomic mass is 19.4. The Kier molecular flexibility index (Phi) is 6.28. The summed E-state index contributed by atoms with van der Waals surface area (Å²) in [4.78, 5) is 38.6. The molecule has 0 atom stereocenters. The van der Waals surface area contributed by atoms with E-state index in [0.717, 1.165) is 28.9 Å². The van der Waals surface area contributed by atoms with Gasteiger partial charge in [0.05, 0.1) is 21.9 Å². The number of aliphatic hydroxyl groups is 1. The number of nitrogens with zero attached hydrogens (tertiary/aromatic N) is 3. The molecule has 33 heavy (non-hydrogen) atoms. The number of aliphatic imine (C=N–C) groups is 1. The van der Waals surface area contributed by atoms with Gasteiger partial charge in [-0.25, -0.2) is 4.68 Å². The Morgan fingerprint density at radius 1 is 1.15 bits per heavy atom. The van der Waals surface area contributed by atoms with Crippen molar-refractivity contribution in [2.24, 2.45) is 4.99 Å². The van der Waals surface area contributed by atoms with Crippen LogP contribution in [0.4, 0.5) is 24.5 Å². The molecular formula is C21H15F3N4O5. The van der Waals surface area contributed by atoms with Crippen LogP contribution in [0.25, 0.3) is 11.4 Å². The predicted octanol–water partition coefficient (Wildman–Crippen LogP) is 4.19. The van der Waals surface area contributed by atoms with Crippen molar-refractivity contribution in [3.63, 3.8) is 0 Å². The summed E-state index contributed by atoms with van der Waals surface area (Å²) in [5.41, 5.74) is -2.61. The number of H-pyrrole nitrogens is 1. The summed E-state index contributed by atoms with van der Waals surface area (Å²) in [6, 6.07) is 12.5. The summed E-state index contributed by atoms with van der Waals surface area (Å²) in [6.45, 7) is 1.34. The number of carbonyl (C=O) groups excluding carboxylic acids is 1. The molecule has 0 saturated carbocycles. The van der Waals surface area contributed by atoms with Crippen molar-refractivity contribution >= 4 is 29.1 Å². The number of aromatic amines is 1. The number of non-ortho nitro benzene ring substituents is 1. The molecule has 2 N–H and O–H groups in total. The van der Waals surface area contributed by atoms with Gasteiger partial charge < -0.3 is 5.11 Å². The average Bonchev–Trinajstić information content (AvgIpc) is 3.07. The molecule has 0 aliphatic heterocycles. The molecule has 1 aromatic heterocycles. The third-order valence-corrected chi connectivity index (χ3v) is 4.48. The first-order valence-electron chi connectivity index (χ1n) is 9.21. The highest BCUT2D eigenvalue weighted by Gasteiger charge is 2.42. The van der Waals surface area contributed by atoms with Crippen LogP contribution >= 0.6 is 0 Å². The standard InChI is InChI=1S/C21H15F3N4O5/c1-12-17(20(31)27(26-12)14-5-3-2-4-6-14)18(29)16(19(30)21(22,23)24)11-25-13-7-9-15(10-8-13)28(32)33/h2-11,26,29H,1H3/b18-16-,25-11?. The van der Waals surface area contributed by atoms with Crippen LogP contribution in [0.3, 0.4) is 0 Å². The SMILES string of the molecule is Cc1[nH]n(-c2ccccc2)c(=O)c1/C(O)=C(\C=Nc1ccc([N+](=O)[O-])cc1)C(=O)C(F)(F)F. The van der Waals surface area contributed by atoms with E-state index < -0.39 is 39.3 Å². The fraction of sp³-hybridized carbons (Fsp3) is 0.0952. The van der Waals surface area contributed by atoms with Gasteiger partial charge in [-0.1, -0.05) is 18.2 Å². The van der Waals surface area contributed by atoms with E-state index in [9.17, 15) is 38.0 Å². The van der Waals surface area contributed by atoms with Crippen molar-refractivity contribution in [1.29, 1.82) is 0 Å². The number of alkyl halides is 3. The van der Waals surface area contributed by atoms with Crippen molar-refractivity contribution in [3.05, 3.63) is 91.9 Å². The topological polar surface area (TPSA) is 131 Å². The maximum atomic E-state index is 13.2. The third kappa shape index (κ3) is 4.89. The van der Waals surface area contributed by atoms with E-state index in [0.29, 0.717) is 11.9 Å². The number of hydrogen-bond acceptors (Lipinski definition) is 6. The Morgan fingerprint density at radius 3 is 2.30 bits per heavy atom. The van der Waals surface area contributed by atoms with Crippen LogP contribution in [0.2, 0.25) is 0 Å². The number of aromatic nitrogens is 2. The Hall–Kier alpha value is -4.48. The number of hydrogen-bond donors (Lipinski definition) is 2. The average molecular weight is 460 g/mol. The van der Waals surface area contributed by atoms with Crippen molar-refractivity contribution in [1.82, 2.24) is 9.78 Å². The van der Waals surface area contributed by atoms with Gasteiger partial charge >= 0.3 is 6.18 Å². The number of benzene rings is 2. The summed E-state index contributed by atoms with van der Waals surface area (Å²) in [6.07, 6.45) is -4.90. The molecule has 3 aromatic rings. The monoisotopic (exact) mass is 460 g/mol. The zero-order chi connectivity index (χ0) is 24.3. The molecule has 0 bridgehead atoms. The Morgan fingerprint density at radius 2 is 1.76 bits per heavy atom. The largest absolute Gasteiger partial charge is 0.506 e. The minimum absolute atomic E-state index is 0.0116. The Labute approximate surface area is 183 Å². The van der Waals surface area contributed by atoms with Crippen LogP contribution in [0.1, 0.15) is 11.3 Å². The van der Waals surface area contributed by atoms with Crippen molar-refractivity contribution in [3.8, 4) is 5.69 Å². The number of nitro benzene ring substituents is 1. The van der Waals surface area contributed by atoms with E-state index in [2.05, 4.69) is 10.1 Å². The number of aryl methyl sites for hydroxylation is 1. The van der Waals surface area contributed by atoms with Crippen LogP contribution in [0.15, 0.2) is 70.0 Å². The molecule has 0 aliphatic rings. The number of rotatable bonds is 6. The summed E-state index contributed by atoms with van der Waals surface area (Å²) < 4.78 is 40.6. The number of ketones is 1. The first-order valence-corrected chi connectivity index (χ1v) is 9.21. The zero-order valence-electron chi connectivity index (χ0n) is 16.8. The van der Waals surface area contributed by atoms with Crippen LogP contribution in [0.5, 0.6) is 0 Å². The first-order chi connectivity index (χ1) is 15.5. The molecule has 170 valence electrons. The third-order valence-electron chi connectivity index (χ3n) is 4.48. The van der Waals surface area contributed by atoms with E-state index >= 15 is 0 Å². The summed E-state index contributed by atoms with van der Waals surface area (Å²) in [5.74, 6) is -3.63. The molecule has 9 nitrogen and oxygen atoms in total.